The third-order valence-electron chi connectivity index (χ3n) is 3.47. The van der Waals surface area contributed by atoms with Crippen molar-refractivity contribution in [3.8, 4) is 0 Å². The van der Waals surface area contributed by atoms with Gasteiger partial charge in [-0.15, -0.1) is 11.3 Å². The predicted molar refractivity (Wildman–Crippen MR) is 72.2 cm³/mol. The second-order valence-electron chi connectivity index (χ2n) is 5.22. The van der Waals surface area contributed by atoms with Crippen molar-refractivity contribution in [3.63, 3.8) is 0 Å². The quantitative estimate of drug-likeness (QED) is 0.779. The zero-order chi connectivity index (χ0) is 13.4. The van der Waals surface area contributed by atoms with E-state index in [0.717, 1.165) is 17.8 Å². The lowest BCUT2D eigenvalue weighted by atomic mass is 9.89. The highest BCUT2D eigenvalue weighted by Gasteiger charge is 2.30. The number of aliphatic hydroxyl groups is 1. The highest BCUT2D eigenvalue weighted by molar-refractivity contribution is 7.18. The first kappa shape index (κ1) is 12.6. The minimum Gasteiger partial charge on any atom is -0.393 e. The van der Waals surface area contributed by atoms with Crippen molar-refractivity contribution in [2.45, 2.75) is 37.8 Å². The molecule has 5 nitrogen and oxygen atoms in total. The van der Waals surface area contributed by atoms with Crippen LogP contribution in [0.15, 0.2) is 12.1 Å². The topological polar surface area (TPSA) is 78.4 Å². The molecule has 2 fully saturated rings. The van der Waals surface area contributed by atoms with Gasteiger partial charge in [0.15, 0.2) is 0 Å². The number of aliphatic hydroxyl groups excluding tert-OH is 1. The maximum absolute atomic E-state index is 11.9. The van der Waals surface area contributed by atoms with E-state index < -0.39 is 0 Å². The van der Waals surface area contributed by atoms with Gasteiger partial charge in [-0.3, -0.25) is 9.59 Å². The average molecular weight is 280 g/mol. The highest BCUT2D eigenvalue weighted by atomic mass is 32.1. The number of rotatable bonds is 4. The maximum atomic E-state index is 11.9. The minimum atomic E-state index is -0.276. The summed E-state index contributed by atoms with van der Waals surface area (Å²) >= 11 is 1.29. The summed E-state index contributed by atoms with van der Waals surface area (Å²) in [4.78, 5) is 24.1. The molecule has 3 N–H and O–H groups in total. The summed E-state index contributed by atoms with van der Waals surface area (Å²) in [6.45, 7) is 0. The summed E-state index contributed by atoms with van der Waals surface area (Å²) in [7, 11) is 0. The molecule has 0 unspecified atom stereocenters. The summed E-state index contributed by atoms with van der Waals surface area (Å²) in [5.74, 6) is 0.0839. The van der Waals surface area contributed by atoms with E-state index in [1.54, 1.807) is 12.1 Å². The molecule has 2 aliphatic rings. The van der Waals surface area contributed by atoms with Crippen molar-refractivity contribution in [1.82, 2.24) is 5.32 Å². The van der Waals surface area contributed by atoms with Crippen LogP contribution in [0.4, 0.5) is 5.00 Å². The fourth-order valence-corrected chi connectivity index (χ4v) is 2.87. The molecular formula is C13H16N2O3S. The van der Waals surface area contributed by atoms with Crippen molar-refractivity contribution in [1.29, 1.82) is 0 Å². The third kappa shape index (κ3) is 2.96. The van der Waals surface area contributed by atoms with E-state index in [4.69, 9.17) is 5.11 Å². The lowest BCUT2D eigenvalue weighted by Crippen LogP contribution is -2.46. The van der Waals surface area contributed by atoms with Crippen LogP contribution in [-0.2, 0) is 4.79 Å². The van der Waals surface area contributed by atoms with Crippen molar-refractivity contribution in [2.24, 2.45) is 5.92 Å². The summed E-state index contributed by atoms with van der Waals surface area (Å²) in [5.41, 5.74) is 0. The van der Waals surface area contributed by atoms with Crippen LogP contribution in [0.1, 0.15) is 35.4 Å². The number of anilines is 1. The van der Waals surface area contributed by atoms with Gasteiger partial charge in [0.1, 0.15) is 0 Å². The molecule has 0 aromatic carbocycles. The van der Waals surface area contributed by atoms with Gasteiger partial charge in [0.2, 0.25) is 5.91 Å². The van der Waals surface area contributed by atoms with Crippen LogP contribution in [-0.4, -0.2) is 29.1 Å². The third-order valence-corrected chi connectivity index (χ3v) is 4.47. The first-order valence-corrected chi connectivity index (χ1v) is 7.33. The molecule has 1 heterocycles. The second-order valence-corrected chi connectivity index (χ2v) is 6.31. The Morgan fingerprint density at radius 2 is 2.00 bits per heavy atom. The first-order valence-electron chi connectivity index (χ1n) is 6.51. The van der Waals surface area contributed by atoms with Crippen LogP contribution in [0.2, 0.25) is 0 Å². The standard InChI is InChI=1S/C13H16N2O3S/c16-9-5-8(6-9)14-13(18)10-3-4-11(19-10)15-12(17)7-1-2-7/h3-4,7-9,16H,1-2,5-6H2,(H,14,18)(H,15,17). The fourth-order valence-electron chi connectivity index (χ4n) is 2.06. The molecule has 0 saturated heterocycles. The monoisotopic (exact) mass is 280 g/mol. The van der Waals surface area contributed by atoms with Gasteiger partial charge in [-0.05, 0) is 37.8 Å². The molecule has 0 spiro atoms. The van der Waals surface area contributed by atoms with E-state index in [2.05, 4.69) is 10.6 Å². The lowest BCUT2D eigenvalue weighted by Gasteiger charge is -2.31. The van der Waals surface area contributed by atoms with Gasteiger partial charge in [0, 0.05) is 12.0 Å². The van der Waals surface area contributed by atoms with Gasteiger partial charge in [0.25, 0.3) is 5.91 Å². The van der Waals surface area contributed by atoms with E-state index in [0.29, 0.717) is 17.7 Å². The van der Waals surface area contributed by atoms with E-state index in [-0.39, 0.29) is 29.9 Å². The Morgan fingerprint density at radius 3 is 2.63 bits per heavy atom. The van der Waals surface area contributed by atoms with E-state index in [1.807, 2.05) is 0 Å². The molecule has 1 aromatic rings. The molecule has 0 bridgehead atoms. The SMILES string of the molecule is O=C(NC1CC(O)C1)c1ccc(NC(=O)C2CC2)s1. The fraction of sp³-hybridized carbons (Fsp3) is 0.538. The highest BCUT2D eigenvalue weighted by Crippen LogP contribution is 2.31. The van der Waals surface area contributed by atoms with Crippen LogP contribution in [0.5, 0.6) is 0 Å². The summed E-state index contributed by atoms with van der Waals surface area (Å²) in [6, 6.07) is 3.56. The number of carbonyl (C=O) groups is 2. The lowest BCUT2D eigenvalue weighted by molar-refractivity contribution is -0.117. The van der Waals surface area contributed by atoms with Crippen molar-refractivity contribution in [2.75, 3.05) is 5.32 Å². The molecule has 1 aromatic heterocycles. The minimum absolute atomic E-state index is 0.0518. The normalized spacial score (nSPS) is 25.5. The Kier molecular flexibility index (Phi) is 3.28. The molecular weight excluding hydrogens is 264 g/mol. The van der Waals surface area contributed by atoms with E-state index in [9.17, 15) is 9.59 Å². The molecule has 0 radical (unpaired) electrons. The van der Waals surface area contributed by atoms with Gasteiger partial charge in [-0.25, -0.2) is 0 Å². The number of hydrogen-bond donors (Lipinski definition) is 3. The van der Waals surface area contributed by atoms with E-state index in [1.165, 1.54) is 11.3 Å². The maximum Gasteiger partial charge on any atom is 0.261 e. The summed E-state index contributed by atoms with van der Waals surface area (Å²) in [6.07, 6.45) is 2.91. The van der Waals surface area contributed by atoms with Crippen LogP contribution in [0, 0.1) is 5.92 Å². The van der Waals surface area contributed by atoms with Crippen LogP contribution in [0.3, 0.4) is 0 Å². The Labute approximate surface area is 115 Å². The first-order chi connectivity index (χ1) is 9.11. The second kappa shape index (κ2) is 4.94. The predicted octanol–water partition coefficient (Wildman–Crippen LogP) is 1.35. The molecule has 0 aliphatic heterocycles. The zero-order valence-electron chi connectivity index (χ0n) is 10.4. The Balaban J connectivity index is 1.54. The number of nitrogens with one attached hydrogen (secondary N) is 2. The molecule has 0 atom stereocenters. The van der Waals surface area contributed by atoms with Gasteiger partial charge >= 0.3 is 0 Å². The van der Waals surface area contributed by atoms with Crippen molar-refractivity contribution in [3.05, 3.63) is 17.0 Å². The smallest absolute Gasteiger partial charge is 0.261 e. The van der Waals surface area contributed by atoms with Gasteiger partial charge in [0.05, 0.1) is 16.0 Å². The molecule has 2 amide bonds. The number of thiophene rings is 1. The Hall–Kier alpha value is -1.40. The average Bonchev–Trinajstić information content (AvgIpc) is 3.08. The summed E-state index contributed by atoms with van der Waals surface area (Å²) < 4.78 is 0. The molecule has 19 heavy (non-hydrogen) atoms. The number of amides is 2. The van der Waals surface area contributed by atoms with E-state index >= 15 is 0 Å². The van der Waals surface area contributed by atoms with Gasteiger partial charge in [-0.1, -0.05) is 0 Å². The van der Waals surface area contributed by atoms with Gasteiger partial charge < -0.3 is 15.7 Å². The van der Waals surface area contributed by atoms with Crippen molar-refractivity contribution < 1.29 is 14.7 Å². The molecule has 2 saturated carbocycles. The van der Waals surface area contributed by atoms with Crippen LogP contribution in [0.25, 0.3) is 0 Å². The van der Waals surface area contributed by atoms with Crippen molar-refractivity contribution >= 4 is 28.2 Å². The molecule has 3 rings (SSSR count). The Bertz CT molecular complexity index is 504. The largest absolute Gasteiger partial charge is 0.393 e. The van der Waals surface area contributed by atoms with Crippen LogP contribution >= 0.6 is 11.3 Å². The molecule has 2 aliphatic carbocycles. The molecule has 102 valence electrons. The van der Waals surface area contributed by atoms with Gasteiger partial charge in [-0.2, -0.15) is 0 Å². The number of carbonyl (C=O) groups excluding carboxylic acids is 2. The number of hydrogen-bond acceptors (Lipinski definition) is 4. The van der Waals surface area contributed by atoms with Crippen LogP contribution < -0.4 is 10.6 Å². The Morgan fingerprint density at radius 1 is 1.26 bits per heavy atom. The molecule has 6 heteroatoms. The zero-order valence-corrected chi connectivity index (χ0v) is 11.2. The summed E-state index contributed by atoms with van der Waals surface area (Å²) in [5, 5.41) is 15.6.